The Balaban J connectivity index is 1.83. The zero-order valence-corrected chi connectivity index (χ0v) is 19.4. The number of nitrogens with zero attached hydrogens (tertiary/aromatic N) is 1. The molecule has 0 saturated heterocycles. The van der Waals surface area contributed by atoms with Gasteiger partial charge >= 0.3 is 0 Å². The predicted octanol–water partition coefficient (Wildman–Crippen LogP) is 4.59. The van der Waals surface area contributed by atoms with Crippen LogP contribution in [0.15, 0.2) is 36.4 Å². The van der Waals surface area contributed by atoms with Gasteiger partial charge in [-0.2, -0.15) is 0 Å². The number of methoxy groups -OCH3 is 2. The van der Waals surface area contributed by atoms with Crippen molar-refractivity contribution in [2.75, 3.05) is 21.3 Å². The molecule has 1 saturated carbocycles. The zero-order valence-electron chi connectivity index (χ0n) is 19.4. The number of halogens is 1. The molecule has 0 bridgehead atoms. The Morgan fingerprint density at radius 2 is 1.64 bits per heavy atom. The average molecular weight is 455 g/mol. The molecule has 1 heterocycles. The summed E-state index contributed by atoms with van der Waals surface area (Å²) in [5, 5.41) is 3.22. The highest BCUT2D eigenvalue weighted by atomic mass is 19.1. The van der Waals surface area contributed by atoms with E-state index in [0.717, 1.165) is 25.7 Å². The van der Waals surface area contributed by atoms with E-state index < -0.39 is 17.8 Å². The van der Waals surface area contributed by atoms with Crippen LogP contribution in [-0.4, -0.2) is 44.0 Å². The molecule has 2 amide bonds. The number of carbonyl (C=O) groups is 2. The van der Waals surface area contributed by atoms with Crippen molar-refractivity contribution in [3.05, 3.63) is 58.9 Å². The van der Waals surface area contributed by atoms with Crippen LogP contribution in [0.4, 0.5) is 4.39 Å². The van der Waals surface area contributed by atoms with Crippen molar-refractivity contribution >= 4 is 11.8 Å². The lowest BCUT2D eigenvalue weighted by atomic mass is 9.78. The van der Waals surface area contributed by atoms with Gasteiger partial charge in [-0.1, -0.05) is 43.9 Å². The first-order valence-electron chi connectivity index (χ1n) is 11.5. The van der Waals surface area contributed by atoms with Crippen LogP contribution in [0.25, 0.3) is 0 Å². The van der Waals surface area contributed by atoms with Crippen LogP contribution < -0.4 is 14.8 Å². The second-order valence-corrected chi connectivity index (χ2v) is 8.85. The normalized spacial score (nSPS) is 21.2. The van der Waals surface area contributed by atoms with Crippen molar-refractivity contribution in [3.8, 4) is 11.5 Å². The van der Waals surface area contributed by atoms with Gasteiger partial charge in [0.15, 0.2) is 11.5 Å². The van der Waals surface area contributed by atoms with E-state index in [4.69, 9.17) is 9.47 Å². The lowest BCUT2D eigenvalue weighted by molar-refractivity contribution is -0.125. The van der Waals surface area contributed by atoms with Crippen LogP contribution in [0.5, 0.6) is 11.5 Å². The van der Waals surface area contributed by atoms with E-state index in [9.17, 15) is 14.0 Å². The van der Waals surface area contributed by atoms with Crippen LogP contribution in [-0.2, 0) is 4.79 Å². The van der Waals surface area contributed by atoms with Gasteiger partial charge in [-0.25, -0.2) is 4.39 Å². The average Bonchev–Trinajstić information content (AvgIpc) is 3.09. The lowest BCUT2D eigenvalue weighted by Gasteiger charge is -2.40. The lowest BCUT2D eigenvalue weighted by Crippen LogP contribution is -2.47. The minimum absolute atomic E-state index is 0.0767. The molecular weight excluding hydrogens is 423 g/mol. The number of hydrogen-bond acceptors (Lipinski definition) is 4. The Morgan fingerprint density at radius 3 is 2.27 bits per heavy atom. The van der Waals surface area contributed by atoms with Crippen LogP contribution in [0.2, 0.25) is 0 Å². The molecule has 1 aliphatic carbocycles. The van der Waals surface area contributed by atoms with Gasteiger partial charge in [0, 0.05) is 24.2 Å². The van der Waals surface area contributed by atoms with E-state index in [2.05, 4.69) is 5.32 Å². The van der Waals surface area contributed by atoms with Crippen molar-refractivity contribution in [1.29, 1.82) is 0 Å². The highest BCUT2D eigenvalue weighted by Crippen LogP contribution is 2.46. The van der Waals surface area contributed by atoms with Crippen LogP contribution >= 0.6 is 0 Å². The first-order chi connectivity index (χ1) is 16.0. The van der Waals surface area contributed by atoms with Crippen molar-refractivity contribution in [2.24, 2.45) is 0 Å². The van der Waals surface area contributed by atoms with Crippen LogP contribution in [0.1, 0.15) is 72.0 Å². The van der Waals surface area contributed by atoms with Crippen molar-refractivity contribution < 1.29 is 23.5 Å². The molecule has 1 fully saturated rings. The Labute approximate surface area is 194 Å². The Kier molecular flexibility index (Phi) is 6.86. The van der Waals surface area contributed by atoms with E-state index in [1.165, 1.54) is 38.0 Å². The summed E-state index contributed by atoms with van der Waals surface area (Å²) in [6, 6.07) is 8.91. The predicted molar refractivity (Wildman–Crippen MR) is 123 cm³/mol. The third-order valence-corrected chi connectivity index (χ3v) is 6.88. The zero-order chi connectivity index (χ0) is 23.5. The molecule has 2 aromatic rings. The topological polar surface area (TPSA) is 67.9 Å². The monoisotopic (exact) mass is 454 g/mol. The van der Waals surface area contributed by atoms with E-state index >= 15 is 0 Å². The molecule has 7 heteroatoms. The molecule has 2 aromatic carbocycles. The summed E-state index contributed by atoms with van der Waals surface area (Å²) in [5.74, 6) is -0.903. The Morgan fingerprint density at radius 1 is 1.00 bits per heavy atom. The highest BCUT2D eigenvalue weighted by Gasteiger charge is 2.44. The van der Waals surface area contributed by atoms with Crippen LogP contribution in [0, 0.1) is 5.82 Å². The molecule has 176 valence electrons. The number of benzene rings is 2. The maximum absolute atomic E-state index is 14.9. The Hall–Kier alpha value is -3.09. The fourth-order valence-electron chi connectivity index (χ4n) is 5.15. The minimum atomic E-state index is -0.789. The van der Waals surface area contributed by atoms with E-state index in [1.807, 2.05) is 0 Å². The summed E-state index contributed by atoms with van der Waals surface area (Å²) >= 11 is 0. The number of carbonyl (C=O) groups excluding carboxylic acids is 2. The van der Waals surface area contributed by atoms with E-state index in [0.29, 0.717) is 28.2 Å². The van der Waals surface area contributed by atoms with E-state index in [1.54, 1.807) is 37.4 Å². The van der Waals surface area contributed by atoms with Gasteiger partial charge in [0.1, 0.15) is 5.82 Å². The molecule has 2 atom stereocenters. The molecule has 0 spiro atoms. The van der Waals surface area contributed by atoms with Gasteiger partial charge in [-0.15, -0.1) is 0 Å². The fourth-order valence-corrected chi connectivity index (χ4v) is 5.15. The summed E-state index contributed by atoms with van der Waals surface area (Å²) in [5.41, 5.74) is 1.20. The maximum Gasteiger partial charge on any atom is 0.254 e. The molecule has 33 heavy (non-hydrogen) atoms. The third-order valence-electron chi connectivity index (χ3n) is 6.88. The molecule has 4 rings (SSSR count). The third kappa shape index (κ3) is 4.41. The van der Waals surface area contributed by atoms with E-state index in [-0.39, 0.29) is 17.9 Å². The number of nitrogens with one attached hydrogen (secondary N) is 1. The standard InChI is InChI=1S/C26H31FN2O4/c1-29-24(17-12-8-9-13-20(17)27)23(25(30)28-16-10-6-4-5-7-11-16)18-14-21(32-2)22(33-3)15-19(18)26(29)31/h8-9,12-16,23-24H,4-7,10-11H2,1-3H3,(H,28,30)/t23-,24-/m1/s1. The molecule has 1 N–H and O–H groups in total. The molecule has 0 unspecified atom stereocenters. The largest absolute Gasteiger partial charge is 0.493 e. The van der Waals surface area contributed by atoms with Gasteiger partial charge in [0.05, 0.1) is 26.2 Å². The molecule has 2 aliphatic rings. The van der Waals surface area contributed by atoms with Crippen molar-refractivity contribution in [2.45, 2.75) is 56.5 Å². The van der Waals surface area contributed by atoms with Gasteiger partial charge in [0.2, 0.25) is 5.91 Å². The summed E-state index contributed by atoms with van der Waals surface area (Å²) in [4.78, 5) is 28.6. The van der Waals surface area contributed by atoms with Gasteiger partial charge in [-0.3, -0.25) is 9.59 Å². The molecule has 1 aliphatic heterocycles. The smallest absolute Gasteiger partial charge is 0.254 e. The second kappa shape index (κ2) is 9.81. The number of amides is 2. The van der Waals surface area contributed by atoms with Gasteiger partial charge < -0.3 is 19.7 Å². The summed E-state index contributed by atoms with van der Waals surface area (Å²) < 4.78 is 25.8. The van der Waals surface area contributed by atoms with Gasteiger partial charge in [0.25, 0.3) is 5.91 Å². The minimum Gasteiger partial charge on any atom is -0.493 e. The van der Waals surface area contributed by atoms with Crippen LogP contribution in [0.3, 0.4) is 0 Å². The highest BCUT2D eigenvalue weighted by molar-refractivity contribution is 6.02. The molecule has 0 aromatic heterocycles. The fraction of sp³-hybridized carbons (Fsp3) is 0.462. The number of ether oxygens (including phenoxy) is 2. The SMILES string of the molecule is COc1cc2c(cc1OC)[C@@H](C(=O)NC1CCCCCC1)[C@@H](c1ccccc1F)N(C)C2=O. The second-order valence-electron chi connectivity index (χ2n) is 8.85. The number of fused-ring (bicyclic) bond motifs is 1. The van der Waals surface area contributed by atoms with Gasteiger partial charge in [-0.05, 0) is 36.6 Å². The maximum atomic E-state index is 14.9. The quantitative estimate of drug-likeness (QED) is 0.671. The molecule has 0 radical (unpaired) electrons. The summed E-state index contributed by atoms with van der Waals surface area (Å²) in [6.07, 6.45) is 6.35. The molecular formula is C26H31FN2O4. The number of likely N-dealkylation sites (N-methyl/N-ethyl adjacent to an activating group) is 1. The Bertz CT molecular complexity index is 1030. The number of hydrogen-bond donors (Lipinski definition) is 1. The van der Waals surface area contributed by atoms with Crippen molar-refractivity contribution in [3.63, 3.8) is 0 Å². The van der Waals surface area contributed by atoms with Crippen molar-refractivity contribution in [1.82, 2.24) is 10.2 Å². The molecule has 6 nitrogen and oxygen atoms in total. The first kappa shape index (κ1) is 23.1. The summed E-state index contributed by atoms with van der Waals surface area (Å²) in [6.45, 7) is 0. The summed E-state index contributed by atoms with van der Waals surface area (Å²) in [7, 11) is 4.63. The number of rotatable bonds is 5. The first-order valence-corrected chi connectivity index (χ1v) is 11.5.